The molecule has 1 aliphatic rings. The molecule has 3 heteroatoms. The van der Waals surface area contributed by atoms with Gasteiger partial charge < -0.3 is 5.11 Å². The summed E-state index contributed by atoms with van der Waals surface area (Å²) in [4.78, 5) is 0. The van der Waals surface area contributed by atoms with Crippen molar-refractivity contribution in [2.75, 3.05) is 13.7 Å². The molecule has 1 N–H and O–H groups in total. The van der Waals surface area contributed by atoms with Crippen molar-refractivity contribution < 1.29 is 5.11 Å². The average Bonchev–Trinajstić information content (AvgIpc) is 1.85. The monoisotopic (exact) mass is 142 g/mol. The molecule has 0 heterocycles. The first-order chi connectivity index (χ1) is 4.77. The maximum absolute atomic E-state index is 8.69. The van der Waals surface area contributed by atoms with Crippen molar-refractivity contribution in [3.05, 3.63) is 0 Å². The molecule has 1 fully saturated rings. The van der Waals surface area contributed by atoms with Crippen LogP contribution < -0.4 is 0 Å². The van der Waals surface area contributed by atoms with Crippen LogP contribution in [0.3, 0.4) is 0 Å². The van der Waals surface area contributed by atoms with E-state index in [1.165, 1.54) is 0 Å². The summed E-state index contributed by atoms with van der Waals surface area (Å²) in [5.74, 6) is 0.509. The average molecular weight is 142 g/mol. The molecule has 0 atom stereocenters. The largest absolute Gasteiger partial charge is 0.396 e. The van der Waals surface area contributed by atoms with E-state index in [1.807, 2.05) is 12.1 Å². The Labute approximate surface area is 61.3 Å². The molecule has 0 aromatic heterocycles. The van der Waals surface area contributed by atoms with Gasteiger partial charge in [0, 0.05) is 26.4 Å². The van der Waals surface area contributed by atoms with Gasteiger partial charge in [-0.3, -0.25) is 5.01 Å². The van der Waals surface area contributed by atoms with Crippen molar-refractivity contribution in [2.45, 2.75) is 18.9 Å². The van der Waals surface area contributed by atoms with Gasteiger partial charge in [0.15, 0.2) is 0 Å². The molecule has 0 radical (unpaired) electrons. The van der Waals surface area contributed by atoms with Crippen LogP contribution in [0, 0.1) is 5.92 Å². The van der Waals surface area contributed by atoms with E-state index in [4.69, 9.17) is 5.11 Å². The summed E-state index contributed by atoms with van der Waals surface area (Å²) in [6.45, 7) is 3.75. The third-order valence-electron chi connectivity index (χ3n) is 2.22. The third kappa shape index (κ3) is 1.29. The van der Waals surface area contributed by atoms with Gasteiger partial charge in [0.25, 0.3) is 0 Å². The maximum Gasteiger partial charge on any atom is 0.0474 e. The highest BCUT2D eigenvalue weighted by molar-refractivity contribution is 5.22. The molecule has 0 aliphatic heterocycles. The summed E-state index contributed by atoms with van der Waals surface area (Å²) in [7, 11) is 1.92. The summed E-state index contributed by atoms with van der Waals surface area (Å²) in [6, 6.07) is 0.523. The second-order valence-electron chi connectivity index (χ2n) is 2.89. The van der Waals surface area contributed by atoms with Crippen molar-refractivity contribution in [1.29, 1.82) is 0 Å². The van der Waals surface area contributed by atoms with Crippen LogP contribution in [-0.4, -0.2) is 36.5 Å². The second kappa shape index (κ2) is 3.01. The van der Waals surface area contributed by atoms with E-state index in [1.54, 1.807) is 0 Å². The van der Waals surface area contributed by atoms with E-state index in [2.05, 4.69) is 11.8 Å². The van der Waals surface area contributed by atoms with Gasteiger partial charge in [0.1, 0.15) is 0 Å². The predicted octanol–water partition coefficient (Wildman–Crippen LogP) is 0.305. The molecule has 10 heavy (non-hydrogen) atoms. The number of aliphatic hydroxyl groups excluding tert-OH is 1. The van der Waals surface area contributed by atoms with Crippen LogP contribution >= 0.6 is 0 Å². The lowest BCUT2D eigenvalue weighted by Gasteiger charge is -2.38. The second-order valence-corrected chi connectivity index (χ2v) is 2.89. The molecule has 58 valence electrons. The fourth-order valence-electron chi connectivity index (χ4n) is 1.27. The van der Waals surface area contributed by atoms with Gasteiger partial charge in [-0.1, -0.05) is 0 Å². The lowest BCUT2D eigenvalue weighted by Crippen LogP contribution is -2.40. The highest BCUT2D eigenvalue weighted by Gasteiger charge is 2.30. The Bertz CT molecular complexity index is 121. The fraction of sp³-hybridized carbons (Fsp3) is 0.857. The van der Waals surface area contributed by atoms with Gasteiger partial charge in [0.2, 0.25) is 0 Å². The SMILES string of the molecule is C=NN(C)C1CC(CO)C1. The quantitative estimate of drug-likeness (QED) is 0.454. The van der Waals surface area contributed by atoms with Gasteiger partial charge in [-0.25, -0.2) is 0 Å². The summed E-state index contributed by atoms with van der Waals surface area (Å²) in [5, 5.41) is 14.3. The molecular weight excluding hydrogens is 128 g/mol. The number of aliphatic hydroxyl groups is 1. The topological polar surface area (TPSA) is 35.8 Å². The lowest BCUT2D eigenvalue weighted by molar-refractivity contribution is 0.0631. The van der Waals surface area contributed by atoms with E-state index in [-0.39, 0.29) is 0 Å². The number of hydrazone groups is 1. The lowest BCUT2D eigenvalue weighted by atomic mass is 9.81. The molecule has 0 amide bonds. The zero-order valence-corrected chi connectivity index (χ0v) is 6.32. The van der Waals surface area contributed by atoms with Crippen LogP contribution in [0.1, 0.15) is 12.8 Å². The van der Waals surface area contributed by atoms with Crippen LogP contribution in [-0.2, 0) is 0 Å². The smallest absolute Gasteiger partial charge is 0.0474 e. The summed E-state index contributed by atoms with van der Waals surface area (Å²) in [6.07, 6.45) is 2.12. The van der Waals surface area contributed by atoms with E-state index < -0.39 is 0 Å². The van der Waals surface area contributed by atoms with Crippen molar-refractivity contribution in [3.63, 3.8) is 0 Å². The van der Waals surface area contributed by atoms with Gasteiger partial charge >= 0.3 is 0 Å². The zero-order valence-electron chi connectivity index (χ0n) is 6.32. The zero-order chi connectivity index (χ0) is 7.56. The van der Waals surface area contributed by atoms with Crippen molar-refractivity contribution in [2.24, 2.45) is 11.0 Å². The van der Waals surface area contributed by atoms with Crippen LogP contribution in [0.15, 0.2) is 5.10 Å². The normalized spacial score (nSPS) is 31.0. The number of hydrogen-bond acceptors (Lipinski definition) is 3. The molecule has 0 aromatic carbocycles. The van der Waals surface area contributed by atoms with Crippen LogP contribution in [0.2, 0.25) is 0 Å². The Hall–Kier alpha value is -0.570. The third-order valence-corrected chi connectivity index (χ3v) is 2.22. The Morgan fingerprint density at radius 3 is 2.70 bits per heavy atom. The highest BCUT2D eigenvalue weighted by Crippen LogP contribution is 2.30. The first-order valence-corrected chi connectivity index (χ1v) is 3.58. The highest BCUT2D eigenvalue weighted by atomic mass is 16.3. The molecule has 3 nitrogen and oxygen atoms in total. The van der Waals surface area contributed by atoms with E-state index in [0.717, 1.165) is 12.8 Å². The summed E-state index contributed by atoms with van der Waals surface area (Å²) in [5.41, 5.74) is 0. The van der Waals surface area contributed by atoms with Crippen LogP contribution in [0.4, 0.5) is 0 Å². The minimum absolute atomic E-state index is 0.321. The minimum atomic E-state index is 0.321. The Balaban J connectivity index is 2.19. The van der Waals surface area contributed by atoms with Gasteiger partial charge in [-0.15, -0.1) is 0 Å². The number of rotatable bonds is 3. The molecule has 0 spiro atoms. The first kappa shape index (κ1) is 7.54. The molecule has 1 aliphatic carbocycles. The molecule has 1 saturated carbocycles. The Morgan fingerprint density at radius 1 is 1.70 bits per heavy atom. The first-order valence-electron chi connectivity index (χ1n) is 3.58. The number of nitrogens with zero attached hydrogens (tertiary/aromatic N) is 2. The van der Waals surface area contributed by atoms with Crippen LogP contribution in [0.25, 0.3) is 0 Å². The molecule has 0 unspecified atom stereocenters. The Kier molecular flexibility index (Phi) is 2.27. The molecule has 0 aromatic rings. The number of hydrogen-bond donors (Lipinski definition) is 1. The van der Waals surface area contributed by atoms with E-state index in [9.17, 15) is 0 Å². The van der Waals surface area contributed by atoms with Gasteiger partial charge in [-0.05, 0) is 18.8 Å². The van der Waals surface area contributed by atoms with Crippen molar-refractivity contribution in [1.82, 2.24) is 5.01 Å². The molecular formula is C7H14N2O. The van der Waals surface area contributed by atoms with E-state index >= 15 is 0 Å². The Morgan fingerprint density at radius 2 is 2.30 bits per heavy atom. The van der Waals surface area contributed by atoms with Gasteiger partial charge in [-0.2, -0.15) is 5.10 Å². The standard InChI is InChI=1S/C7H14N2O/c1-8-9(2)7-3-6(4-7)5-10/h6-7,10H,1,3-5H2,2H3. The molecule has 0 saturated heterocycles. The van der Waals surface area contributed by atoms with Gasteiger partial charge in [0.05, 0.1) is 0 Å². The fourth-order valence-corrected chi connectivity index (χ4v) is 1.27. The molecule has 1 rings (SSSR count). The van der Waals surface area contributed by atoms with Crippen molar-refractivity contribution in [3.8, 4) is 0 Å². The summed E-state index contributed by atoms with van der Waals surface area (Å²) >= 11 is 0. The molecule has 0 bridgehead atoms. The van der Waals surface area contributed by atoms with Crippen molar-refractivity contribution >= 4 is 6.72 Å². The summed E-state index contributed by atoms with van der Waals surface area (Å²) < 4.78 is 0. The van der Waals surface area contributed by atoms with E-state index in [0.29, 0.717) is 18.6 Å². The van der Waals surface area contributed by atoms with Crippen LogP contribution in [0.5, 0.6) is 0 Å². The minimum Gasteiger partial charge on any atom is -0.396 e. The predicted molar refractivity (Wildman–Crippen MR) is 40.9 cm³/mol. The maximum atomic E-state index is 8.69.